The molecule has 1 saturated heterocycles. The molecule has 6 N–H and O–H groups in total. The quantitative estimate of drug-likeness (QED) is 0.212. The zero-order valence-electron chi connectivity index (χ0n) is 17.6. The number of ether oxygens (including phenoxy) is 1. The van der Waals surface area contributed by atoms with Gasteiger partial charge in [0.05, 0.1) is 19.3 Å². The molecular weight excluding hydrogens is 410 g/mol. The first kappa shape index (κ1) is 24.0. The zero-order chi connectivity index (χ0) is 20.6. The molecule has 0 radical (unpaired) electrons. The maximum atomic E-state index is 10.0. The summed E-state index contributed by atoms with van der Waals surface area (Å²) in [5.41, 5.74) is 6.44. The van der Waals surface area contributed by atoms with Crippen LogP contribution in [0.4, 0.5) is 0 Å². The average Bonchev–Trinajstić information content (AvgIpc) is 2.67. The second kappa shape index (κ2) is 9.88. The number of aliphatic hydroxyl groups is 4. The number of guanidine groups is 1. The maximum absolute atomic E-state index is 10.0. The predicted molar refractivity (Wildman–Crippen MR) is 115 cm³/mol. The maximum Gasteiger partial charge on any atom is 0.191 e. The number of halogens is 1. The van der Waals surface area contributed by atoms with E-state index in [1.165, 1.54) is 43.4 Å². The predicted octanol–water partition coefficient (Wildman–Crippen LogP) is 0.105. The second-order valence-corrected chi connectivity index (χ2v) is 10.0. The van der Waals surface area contributed by atoms with Crippen molar-refractivity contribution in [3.8, 4) is 0 Å². The van der Waals surface area contributed by atoms with Gasteiger partial charge in [-0.25, -0.2) is 0 Å². The largest absolute Gasteiger partial charge is 0.394 e. The number of β-amino-alcohol motifs (C(OH)–C–C–N with tert-alkyl or cyclic N) is 1. The highest BCUT2D eigenvalue weighted by atomic mass is 35.5. The van der Waals surface area contributed by atoms with E-state index < -0.39 is 24.4 Å². The van der Waals surface area contributed by atoms with Gasteiger partial charge >= 0.3 is 0 Å². The van der Waals surface area contributed by atoms with Crippen LogP contribution in [0.3, 0.4) is 0 Å². The number of hydrogen-bond donors (Lipinski definition) is 5. The van der Waals surface area contributed by atoms with E-state index in [2.05, 4.69) is 4.99 Å². The molecule has 9 heteroatoms. The third-order valence-corrected chi connectivity index (χ3v) is 7.70. The summed E-state index contributed by atoms with van der Waals surface area (Å²) in [5.74, 6) is 2.96. The Hall–Kier alpha value is -0.640. The fourth-order valence-corrected chi connectivity index (χ4v) is 6.76. The van der Waals surface area contributed by atoms with Gasteiger partial charge in [0.2, 0.25) is 0 Å². The van der Waals surface area contributed by atoms with Crippen molar-refractivity contribution in [1.29, 1.82) is 0 Å². The smallest absolute Gasteiger partial charge is 0.191 e. The summed E-state index contributed by atoms with van der Waals surface area (Å²) in [6, 6.07) is -0.774. The normalized spacial score (nSPS) is 43.0. The van der Waals surface area contributed by atoms with Crippen molar-refractivity contribution >= 4 is 18.4 Å². The van der Waals surface area contributed by atoms with Crippen LogP contribution >= 0.6 is 12.4 Å². The van der Waals surface area contributed by atoms with Crippen molar-refractivity contribution in [2.45, 2.75) is 69.3 Å². The molecule has 5 fully saturated rings. The van der Waals surface area contributed by atoms with Crippen LogP contribution in [0.15, 0.2) is 4.99 Å². The number of nitrogens with zero attached hydrogens (tertiary/aromatic N) is 2. The molecule has 8 nitrogen and oxygen atoms in total. The number of nitrogens with two attached hydrogens (primary N) is 1. The number of aliphatic imine (C=N–C) groups is 1. The van der Waals surface area contributed by atoms with Crippen LogP contribution < -0.4 is 5.73 Å². The highest BCUT2D eigenvalue weighted by Gasteiger charge is 2.50. The molecule has 4 saturated carbocycles. The minimum absolute atomic E-state index is 0. The molecule has 4 atom stereocenters. The standard InChI is InChI=1S/C21H37N3O5.ClH/c22-20(24-10-17(26)19(28)18(27)16(24)11-25)23-2-1-3-29-12-21-7-13-4-14(8-21)6-15(5-13)9-21;/h13-19,25-28H,1-12H2,(H2,22,23);1H/t13?,14?,15?,16-,17+,18-,19-,21?;/m1./s1. The van der Waals surface area contributed by atoms with Crippen molar-refractivity contribution in [2.24, 2.45) is 33.9 Å². The van der Waals surface area contributed by atoms with Gasteiger partial charge in [-0.15, -0.1) is 12.4 Å². The topological polar surface area (TPSA) is 132 Å². The number of piperidine rings is 1. The van der Waals surface area contributed by atoms with E-state index in [4.69, 9.17) is 10.5 Å². The van der Waals surface area contributed by atoms with Crippen LogP contribution in [0.5, 0.6) is 0 Å². The van der Waals surface area contributed by atoms with Crippen LogP contribution in [-0.2, 0) is 4.74 Å². The lowest BCUT2D eigenvalue weighted by molar-refractivity contribution is -0.128. The van der Waals surface area contributed by atoms with Gasteiger partial charge in [0.1, 0.15) is 18.3 Å². The van der Waals surface area contributed by atoms with Gasteiger partial charge in [0, 0.05) is 19.7 Å². The average molecular weight is 448 g/mol. The summed E-state index contributed by atoms with van der Waals surface area (Å²) in [6.45, 7) is 1.64. The first-order valence-electron chi connectivity index (χ1n) is 11.2. The summed E-state index contributed by atoms with van der Waals surface area (Å²) in [5, 5.41) is 39.2. The van der Waals surface area contributed by atoms with E-state index in [-0.39, 0.29) is 31.5 Å². The zero-order valence-corrected chi connectivity index (χ0v) is 18.4. The van der Waals surface area contributed by atoms with Crippen LogP contribution in [-0.4, -0.2) is 88.5 Å². The third kappa shape index (κ3) is 4.89. The molecular formula is C21H38ClN3O5. The van der Waals surface area contributed by atoms with E-state index in [0.29, 0.717) is 18.6 Å². The molecule has 30 heavy (non-hydrogen) atoms. The molecule has 0 aromatic heterocycles. The summed E-state index contributed by atoms with van der Waals surface area (Å²) in [6.07, 6.45) is 5.41. The lowest BCUT2D eigenvalue weighted by atomic mass is 9.50. The van der Waals surface area contributed by atoms with Gasteiger partial charge in [0.25, 0.3) is 0 Å². The third-order valence-electron chi connectivity index (χ3n) is 7.70. The second-order valence-electron chi connectivity index (χ2n) is 10.0. The highest BCUT2D eigenvalue weighted by molar-refractivity contribution is 5.85. The van der Waals surface area contributed by atoms with E-state index in [1.807, 2.05) is 0 Å². The Labute approximate surface area is 184 Å². The Morgan fingerprint density at radius 1 is 1.03 bits per heavy atom. The molecule has 174 valence electrons. The van der Waals surface area contributed by atoms with Crippen molar-refractivity contribution < 1.29 is 25.2 Å². The fraction of sp³-hybridized carbons (Fsp3) is 0.952. The Bertz CT molecular complexity index is 572. The molecule has 0 aromatic carbocycles. The van der Waals surface area contributed by atoms with E-state index in [9.17, 15) is 20.4 Å². The van der Waals surface area contributed by atoms with Crippen molar-refractivity contribution in [3.63, 3.8) is 0 Å². The number of likely N-dealkylation sites (tertiary alicyclic amines) is 1. The Kier molecular flexibility index (Phi) is 7.91. The lowest BCUT2D eigenvalue weighted by Crippen LogP contribution is -2.65. The fourth-order valence-electron chi connectivity index (χ4n) is 6.76. The minimum Gasteiger partial charge on any atom is -0.394 e. The molecule has 4 aliphatic carbocycles. The van der Waals surface area contributed by atoms with Crippen molar-refractivity contribution in [3.05, 3.63) is 0 Å². The Morgan fingerprint density at radius 2 is 1.63 bits per heavy atom. The van der Waals surface area contributed by atoms with Gasteiger partial charge in [-0.3, -0.25) is 4.99 Å². The van der Waals surface area contributed by atoms with Crippen molar-refractivity contribution in [2.75, 3.05) is 32.9 Å². The van der Waals surface area contributed by atoms with E-state index >= 15 is 0 Å². The van der Waals surface area contributed by atoms with Gasteiger partial charge in [-0.1, -0.05) is 0 Å². The molecule has 1 heterocycles. The first-order chi connectivity index (χ1) is 13.9. The molecule has 1 aliphatic heterocycles. The summed E-state index contributed by atoms with van der Waals surface area (Å²) >= 11 is 0. The summed E-state index contributed by atoms with van der Waals surface area (Å²) < 4.78 is 6.06. The van der Waals surface area contributed by atoms with E-state index in [1.54, 1.807) is 0 Å². The van der Waals surface area contributed by atoms with Gasteiger partial charge in [0.15, 0.2) is 5.96 Å². The van der Waals surface area contributed by atoms with Gasteiger partial charge in [-0.2, -0.15) is 0 Å². The first-order valence-corrected chi connectivity index (χ1v) is 11.2. The molecule has 0 unspecified atom stereocenters. The molecule has 5 aliphatic rings. The number of rotatable bonds is 7. The molecule has 5 rings (SSSR count). The van der Waals surface area contributed by atoms with Crippen LogP contribution in [0.2, 0.25) is 0 Å². The van der Waals surface area contributed by atoms with Gasteiger partial charge in [-0.05, 0) is 68.1 Å². The SMILES string of the molecule is Cl.NC(=NCCCOCC12CC3CC(CC(C3)C1)C2)N1C[C@H](O)[C@@H](O)[C@H](O)[C@H]1CO. The number of aliphatic hydroxyl groups excluding tert-OH is 4. The molecule has 0 spiro atoms. The number of hydrogen-bond acceptors (Lipinski definition) is 6. The van der Waals surface area contributed by atoms with E-state index in [0.717, 1.165) is 30.8 Å². The van der Waals surface area contributed by atoms with Gasteiger partial charge < -0.3 is 35.8 Å². The van der Waals surface area contributed by atoms with Crippen LogP contribution in [0.25, 0.3) is 0 Å². The Morgan fingerprint density at radius 3 is 2.20 bits per heavy atom. The molecule has 4 bridgehead atoms. The Balaban J connectivity index is 0.00000256. The van der Waals surface area contributed by atoms with Crippen LogP contribution in [0, 0.1) is 23.2 Å². The summed E-state index contributed by atoms with van der Waals surface area (Å²) in [4.78, 5) is 5.80. The van der Waals surface area contributed by atoms with Crippen molar-refractivity contribution in [1.82, 2.24) is 4.90 Å². The summed E-state index contributed by atoms with van der Waals surface area (Å²) in [7, 11) is 0. The lowest BCUT2D eigenvalue weighted by Gasteiger charge is -2.56. The monoisotopic (exact) mass is 447 g/mol. The molecule has 0 aromatic rings. The van der Waals surface area contributed by atoms with Crippen LogP contribution in [0.1, 0.15) is 44.9 Å². The minimum atomic E-state index is -1.30. The molecule has 0 amide bonds. The highest BCUT2D eigenvalue weighted by Crippen LogP contribution is 2.60.